The van der Waals surface area contributed by atoms with E-state index in [1.165, 1.54) is 0 Å². The van der Waals surface area contributed by atoms with Crippen molar-refractivity contribution in [3.8, 4) is 5.75 Å². The third kappa shape index (κ3) is 5.23. The van der Waals surface area contributed by atoms with Crippen LogP contribution in [-0.4, -0.2) is 25.5 Å². The standard InChI is InChI=1S/C20H23ClN2O3/c1-20(2,19(25)23-16-8-10-17(26-3)11-9-16)18(24)22-13-12-14-4-6-15(21)7-5-14/h4-11H,12-13H2,1-3H3,(H,22,24)(H,23,25). The summed E-state index contributed by atoms with van der Waals surface area (Å²) in [6.45, 7) is 3.65. The molecule has 0 bridgehead atoms. The lowest BCUT2D eigenvalue weighted by molar-refractivity contribution is -0.138. The lowest BCUT2D eigenvalue weighted by Gasteiger charge is -2.22. The minimum atomic E-state index is -1.19. The van der Waals surface area contributed by atoms with Crippen LogP contribution in [0.2, 0.25) is 5.02 Å². The van der Waals surface area contributed by atoms with Crippen molar-refractivity contribution < 1.29 is 14.3 Å². The second-order valence-electron chi connectivity index (χ2n) is 6.44. The molecule has 0 heterocycles. The third-order valence-corrected chi connectivity index (χ3v) is 4.35. The summed E-state index contributed by atoms with van der Waals surface area (Å²) < 4.78 is 5.08. The lowest BCUT2D eigenvalue weighted by atomic mass is 9.91. The molecule has 0 fully saturated rings. The van der Waals surface area contributed by atoms with E-state index in [4.69, 9.17) is 16.3 Å². The first-order valence-corrected chi connectivity index (χ1v) is 8.69. The molecular weight excluding hydrogens is 352 g/mol. The largest absolute Gasteiger partial charge is 0.497 e. The quantitative estimate of drug-likeness (QED) is 0.726. The van der Waals surface area contributed by atoms with Gasteiger partial charge in [0.05, 0.1) is 7.11 Å². The summed E-state index contributed by atoms with van der Waals surface area (Å²) in [5.74, 6) is 0.00587. The number of anilines is 1. The second kappa shape index (κ2) is 8.72. The van der Waals surface area contributed by atoms with E-state index in [1.807, 2.05) is 24.3 Å². The van der Waals surface area contributed by atoms with Crippen molar-refractivity contribution in [3.63, 3.8) is 0 Å². The zero-order valence-electron chi connectivity index (χ0n) is 15.1. The van der Waals surface area contributed by atoms with Crippen LogP contribution in [0.15, 0.2) is 48.5 Å². The molecule has 0 atom stereocenters. The molecule has 0 aromatic heterocycles. The molecule has 6 heteroatoms. The Morgan fingerprint density at radius 2 is 1.62 bits per heavy atom. The van der Waals surface area contributed by atoms with Crippen molar-refractivity contribution in [1.29, 1.82) is 0 Å². The highest BCUT2D eigenvalue weighted by molar-refractivity contribution is 6.30. The van der Waals surface area contributed by atoms with Gasteiger partial charge in [0.2, 0.25) is 11.8 Å². The van der Waals surface area contributed by atoms with Crippen LogP contribution in [0.5, 0.6) is 5.75 Å². The summed E-state index contributed by atoms with van der Waals surface area (Å²) in [7, 11) is 1.57. The molecule has 0 radical (unpaired) electrons. The fourth-order valence-corrected chi connectivity index (χ4v) is 2.38. The van der Waals surface area contributed by atoms with Gasteiger partial charge < -0.3 is 15.4 Å². The van der Waals surface area contributed by atoms with Crippen LogP contribution in [0.1, 0.15) is 19.4 Å². The van der Waals surface area contributed by atoms with Crippen molar-refractivity contribution in [1.82, 2.24) is 5.32 Å². The van der Waals surface area contributed by atoms with Gasteiger partial charge in [0.1, 0.15) is 11.2 Å². The van der Waals surface area contributed by atoms with E-state index in [2.05, 4.69) is 10.6 Å². The van der Waals surface area contributed by atoms with E-state index in [9.17, 15) is 9.59 Å². The number of hydrogen-bond acceptors (Lipinski definition) is 3. The fraction of sp³-hybridized carbons (Fsp3) is 0.300. The van der Waals surface area contributed by atoms with Gasteiger partial charge >= 0.3 is 0 Å². The van der Waals surface area contributed by atoms with E-state index < -0.39 is 5.41 Å². The normalized spacial score (nSPS) is 10.9. The maximum absolute atomic E-state index is 12.5. The Bertz CT molecular complexity index is 756. The van der Waals surface area contributed by atoms with Crippen LogP contribution < -0.4 is 15.4 Å². The molecule has 0 aliphatic rings. The van der Waals surface area contributed by atoms with E-state index in [1.54, 1.807) is 45.2 Å². The minimum Gasteiger partial charge on any atom is -0.497 e. The zero-order chi connectivity index (χ0) is 19.2. The molecule has 2 amide bonds. The van der Waals surface area contributed by atoms with Gasteiger partial charge in [-0.2, -0.15) is 0 Å². The Kier molecular flexibility index (Phi) is 6.64. The average Bonchev–Trinajstić information content (AvgIpc) is 2.63. The number of methoxy groups -OCH3 is 1. The molecule has 5 nitrogen and oxygen atoms in total. The van der Waals surface area contributed by atoms with Crippen LogP contribution in [-0.2, 0) is 16.0 Å². The Hall–Kier alpha value is -2.53. The molecule has 0 saturated carbocycles. The van der Waals surface area contributed by atoms with Crippen LogP contribution in [0.4, 0.5) is 5.69 Å². The third-order valence-electron chi connectivity index (χ3n) is 4.10. The highest BCUT2D eigenvalue weighted by Gasteiger charge is 2.35. The number of carbonyl (C=O) groups is 2. The van der Waals surface area contributed by atoms with Crippen molar-refractivity contribution in [3.05, 3.63) is 59.1 Å². The van der Waals surface area contributed by atoms with Crippen molar-refractivity contribution in [2.75, 3.05) is 19.0 Å². The summed E-state index contributed by atoms with van der Waals surface area (Å²) in [6.07, 6.45) is 0.666. The van der Waals surface area contributed by atoms with E-state index in [-0.39, 0.29) is 11.8 Å². The Morgan fingerprint density at radius 3 is 2.19 bits per heavy atom. The first kappa shape index (κ1) is 19.8. The number of ether oxygens (including phenoxy) is 1. The predicted octanol–water partition coefficient (Wildman–Crippen LogP) is 3.67. The molecule has 0 aliphatic carbocycles. The molecule has 138 valence electrons. The SMILES string of the molecule is COc1ccc(NC(=O)C(C)(C)C(=O)NCCc2ccc(Cl)cc2)cc1. The zero-order valence-corrected chi connectivity index (χ0v) is 15.9. The lowest BCUT2D eigenvalue weighted by Crippen LogP contribution is -2.45. The average molecular weight is 375 g/mol. The number of halogens is 1. The first-order chi connectivity index (χ1) is 12.3. The van der Waals surface area contributed by atoms with Gasteiger partial charge in [-0.1, -0.05) is 23.7 Å². The highest BCUT2D eigenvalue weighted by atomic mass is 35.5. The number of rotatable bonds is 7. The summed E-state index contributed by atoms with van der Waals surface area (Å²) in [4.78, 5) is 24.9. The topological polar surface area (TPSA) is 67.4 Å². The van der Waals surface area contributed by atoms with Gasteiger partial charge in [0, 0.05) is 17.3 Å². The number of nitrogens with one attached hydrogen (secondary N) is 2. The van der Waals surface area contributed by atoms with Crippen molar-refractivity contribution in [2.45, 2.75) is 20.3 Å². The van der Waals surface area contributed by atoms with Crippen LogP contribution in [0.3, 0.4) is 0 Å². The van der Waals surface area contributed by atoms with E-state index >= 15 is 0 Å². The van der Waals surface area contributed by atoms with E-state index in [0.29, 0.717) is 29.4 Å². The molecule has 0 unspecified atom stereocenters. The van der Waals surface area contributed by atoms with Gasteiger partial charge in [-0.15, -0.1) is 0 Å². The summed E-state index contributed by atoms with van der Waals surface area (Å²) in [5.41, 5.74) is 0.480. The predicted molar refractivity (Wildman–Crippen MR) is 104 cm³/mol. The van der Waals surface area contributed by atoms with Crippen LogP contribution in [0, 0.1) is 5.41 Å². The molecule has 2 rings (SSSR count). The maximum Gasteiger partial charge on any atom is 0.239 e. The smallest absolute Gasteiger partial charge is 0.239 e. The van der Waals surface area contributed by atoms with Crippen molar-refractivity contribution >= 4 is 29.1 Å². The highest BCUT2D eigenvalue weighted by Crippen LogP contribution is 2.21. The second-order valence-corrected chi connectivity index (χ2v) is 6.88. The molecule has 0 saturated heterocycles. The monoisotopic (exact) mass is 374 g/mol. The Morgan fingerprint density at radius 1 is 1.00 bits per heavy atom. The first-order valence-electron chi connectivity index (χ1n) is 8.31. The molecule has 0 spiro atoms. The van der Waals surface area contributed by atoms with Gasteiger partial charge in [-0.05, 0) is 62.2 Å². The van der Waals surface area contributed by atoms with Crippen molar-refractivity contribution in [2.24, 2.45) is 5.41 Å². The summed E-state index contributed by atoms with van der Waals surface area (Å²) >= 11 is 5.85. The van der Waals surface area contributed by atoms with Crippen LogP contribution >= 0.6 is 11.6 Å². The number of benzene rings is 2. The number of carbonyl (C=O) groups excluding carboxylic acids is 2. The number of amides is 2. The molecule has 2 aromatic rings. The molecule has 0 aliphatic heterocycles. The molecule has 26 heavy (non-hydrogen) atoms. The van der Waals surface area contributed by atoms with E-state index in [0.717, 1.165) is 5.56 Å². The molecule has 2 N–H and O–H groups in total. The van der Waals surface area contributed by atoms with Gasteiger partial charge in [0.25, 0.3) is 0 Å². The van der Waals surface area contributed by atoms with Crippen LogP contribution in [0.25, 0.3) is 0 Å². The Balaban J connectivity index is 1.88. The molecular formula is C20H23ClN2O3. The maximum atomic E-state index is 12.5. The van der Waals surface area contributed by atoms with Gasteiger partial charge in [-0.3, -0.25) is 9.59 Å². The summed E-state index contributed by atoms with van der Waals surface area (Å²) in [5, 5.41) is 6.25. The Labute approximate surface area is 158 Å². The fourth-order valence-electron chi connectivity index (χ4n) is 2.26. The van der Waals surface area contributed by atoms with Gasteiger partial charge in [0.15, 0.2) is 0 Å². The number of hydrogen-bond donors (Lipinski definition) is 2. The van der Waals surface area contributed by atoms with Gasteiger partial charge in [-0.25, -0.2) is 0 Å². The summed E-state index contributed by atoms with van der Waals surface area (Å²) in [6, 6.07) is 14.4. The molecule has 2 aromatic carbocycles. The minimum absolute atomic E-state index is 0.322.